The predicted octanol–water partition coefficient (Wildman–Crippen LogP) is 3.79. The van der Waals surface area contributed by atoms with Crippen LogP contribution in [0.5, 0.6) is 0 Å². The topological polar surface area (TPSA) is 88.2 Å². The third-order valence-corrected chi connectivity index (χ3v) is 5.12. The molecule has 0 aliphatic heterocycles. The highest BCUT2D eigenvalue weighted by molar-refractivity contribution is 7.92. The number of hydrogen-bond donors (Lipinski definition) is 2. The minimum atomic E-state index is -3.89. The van der Waals surface area contributed by atoms with Crippen molar-refractivity contribution in [2.45, 2.75) is 4.90 Å². The molecule has 0 unspecified atom stereocenters. The van der Waals surface area contributed by atoms with Gasteiger partial charge in [0.15, 0.2) is 0 Å². The van der Waals surface area contributed by atoms with Crippen LogP contribution in [0.2, 0.25) is 5.02 Å². The molecular formula is C18H14ClN3O3S. The summed E-state index contributed by atoms with van der Waals surface area (Å²) in [6, 6.07) is 17.3. The van der Waals surface area contributed by atoms with Gasteiger partial charge in [-0.1, -0.05) is 35.9 Å². The quantitative estimate of drug-likeness (QED) is 0.697. The first kappa shape index (κ1) is 17.9. The summed E-state index contributed by atoms with van der Waals surface area (Å²) in [7, 11) is -3.89. The van der Waals surface area contributed by atoms with Crippen LogP contribution in [0, 0.1) is 0 Å². The summed E-state index contributed by atoms with van der Waals surface area (Å²) in [6.07, 6.45) is 1.55. The van der Waals surface area contributed by atoms with Gasteiger partial charge in [0.25, 0.3) is 15.9 Å². The Labute approximate surface area is 155 Å². The maximum Gasteiger partial charge on any atom is 0.261 e. The molecule has 0 saturated carbocycles. The molecule has 3 aromatic rings. The van der Waals surface area contributed by atoms with Gasteiger partial charge in [-0.05, 0) is 42.5 Å². The number of carbonyl (C=O) groups excluding carboxylic acids is 1. The van der Waals surface area contributed by atoms with Gasteiger partial charge in [-0.15, -0.1) is 0 Å². The molecule has 3 rings (SSSR count). The fraction of sp³-hybridized carbons (Fsp3) is 0. The first-order chi connectivity index (χ1) is 12.5. The highest BCUT2D eigenvalue weighted by Crippen LogP contribution is 2.24. The Kier molecular flexibility index (Phi) is 5.20. The molecule has 8 heteroatoms. The number of sulfonamides is 1. The van der Waals surface area contributed by atoms with Crippen LogP contribution in [-0.4, -0.2) is 19.3 Å². The average molecular weight is 388 g/mol. The first-order valence-electron chi connectivity index (χ1n) is 7.55. The molecule has 0 bridgehead atoms. The molecule has 2 N–H and O–H groups in total. The highest BCUT2D eigenvalue weighted by atomic mass is 35.5. The van der Waals surface area contributed by atoms with E-state index in [0.29, 0.717) is 5.82 Å². The molecule has 1 heterocycles. The zero-order valence-corrected chi connectivity index (χ0v) is 15.0. The number of pyridine rings is 1. The van der Waals surface area contributed by atoms with E-state index >= 15 is 0 Å². The molecule has 0 atom stereocenters. The third-order valence-electron chi connectivity index (χ3n) is 3.43. The van der Waals surface area contributed by atoms with Crippen molar-refractivity contribution in [3.8, 4) is 0 Å². The molecule has 0 fully saturated rings. The SMILES string of the molecule is O=C(Nc1ccccn1)c1cccc(S(=O)(=O)Nc2ccccc2Cl)c1. The fourth-order valence-corrected chi connectivity index (χ4v) is 3.54. The smallest absolute Gasteiger partial charge is 0.261 e. The van der Waals surface area contributed by atoms with Crippen molar-refractivity contribution in [1.29, 1.82) is 0 Å². The summed E-state index contributed by atoms with van der Waals surface area (Å²) in [5.74, 6) is -0.0848. The molecule has 0 saturated heterocycles. The van der Waals surface area contributed by atoms with E-state index in [1.807, 2.05) is 0 Å². The minimum absolute atomic E-state index is 0.0499. The summed E-state index contributed by atoms with van der Waals surface area (Å²) >= 11 is 5.99. The van der Waals surface area contributed by atoms with Gasteiger partial charge in [0.05, 0.1) is 15.6 Å². The summed E-state index contributed by atoms with van der Waals surface area (Å²) in [6.45, 7) is 0. The van der Waals surface area contributed by atoms with E-state index in [9.17, 15) is 13.2 Å². The lowest BCUT2D eigenvalue weighted by atomic mass is 10.2. The highest BCUT2D eigenvalue weighted by Gasteiger charge is 2.17. The average Bonchev–Trinajstić information content (AvgIpc) is 2.64. The maximum absolute atomic E-state index is 12.6. The molecule has 0 aliphatic carbocycles. The van der Waals surface area contributed by atoms with Crippen molar-refractivity contribution in [2.75, 3.05) is 10.0 Å². The second-order valence-corrected chi connectivity index (χ2v) is 7.37. The normalized spacial score (nSPS) is 11.0. The lowest BCUT2D eigenvalue weighted by Crippen LogP contribution is -2.16. The van der Waals surface area contributed by atoms with Gasteiger partial charge in [0, 0.05) is 11.8 Å². The van der Waals surface area contributed by atoms with Gasteiger partial charge in [0.1, 0.15) is 5.82 Å². The Morgan fingerprint density at radius 3 is 2.46 bits per heavy atom. The van der Waals surface area contributed by atoms with Crippen molar-refractivity contribution in [2.24, 2.45) is 0 Å². The van der Waals surface area contributed by atoms with Gasteiger partial charge < -0.3 is 5.32 Å². The summed E-state index contributed by atoms with van der Waals surface area (Å²) in [4.78, 5) is 16.3. The van der Waals surface area contributed by atoms with Crippen molar-refractivity contribution in [3.63, 3.8) is 0 Å². The van der Waals surface area contributed by atoms with Crippen molar-refractivity contribution < 1.29 is 13.2 Å². The van der Waals surface area contributed by atoms with Crippen LogP contribution in [0.1, 0.15) is 10.4 Å². The molecule has 0 radical (unpaired) electrons. The third kappa shape index (κ3) is 4.19. The lowest BCUT2D eigenvalue weighted by Gasteiger charge is -2.10. The van der Waals surface area contributed by atoms with E-state index in [1.54, 1.807) is 48.7 Å². The largest absolute Gasteiger partial charge is 0.307 e. The van der Waals surface area contributed by atoms with Gasteiger partial charge in [-0.25, -0.2) is 13.4 Å². The van der Waals surface area contributed by atoms with Gasteiger partial charge in [-0.3, -0.25) is 9.52 Å². The molecule has 1 amide bonds. The molecule has 2 aromatic carbocycles. The van der Waals surface area contributed by atoms with E-state index in [4.69, 9.17) is 11.6 Å². The Bertz CT molecular complexity index is 1040. The lowest BCUT2D eigenvalue weighted by molar-refractivity contribution is 0.102. The van der Waals surface area contributed by atoms with Crippen LogP contribution < -0.4 is 10.0 Å². The zero-order valence-electron chi connectivity index (χ0n) is 13.4. The van der Waals surface area contributed by atoms with Gasteiger partial charge in [-0.2, -0.15) is 0 Å². The van der Waals surface area contributed by atoms with Crippen molar-refractivity contribution in [3.05, 3.63) is 83.5 Å². The Hall–Kier alpha value is -2.90. The standard InChI is InChI=1S/C18H14ClN3O3S/c19-15-8-1-2-9-16(15)22-26(24,25)14-7-5-6-13(12-14)18(23)21-17-10-3-4-11-20-17/h1-12,22H,(H,20,21,23). The van der Waals surface area contributed by atoms with Crippen LogP contribution in [-0.2, 0) is 10.0 Å². The summed E-state index contributed by atoms with van der Waals surface area (Å²) < 4.78 is 27.6. The van der Waals surface area contributed by atoms with Crippen LogP contribution in [0.3, 0.4) is 0 Å². The number of para-hydroxylation sites is 1. The van der Waals surface area contributed by atoms with E-state index < -0.39 is 15.9 Å². The number of carbonyl (C=O) groups is 1. The van der Waals surface area contributed by atoms with Crippen LogP contribution >= 0.6 is 11.6 Å². The Balaban J connectivity index is 1.84. The Morgan fingerprint density at radius 2 is 1.73 bits per heavy atom. The number of nitrogens with zero attached hydrogens (tertiary/aromatic N) is 1. The van der Waals surface area contributed by atoms with E-state index in [2.05, 4.69) is 15.0 Å². The zero-order chi connectivity index (χ0) is 18.6. The van der Waals surface area contributed by atoms with Crippen LogP contribution in [0.4, 0.5) is 11.5 Å². The first-order valence-corrected chi connectivity index (χ1v) is 9.42. The minimum Gasteiger partial charge on any atom is -0.307 e. The van der Waals surface area contributed by atoms with E-state index in [-0.39, 0.29) is 21.2 Å². The summed E-state index contributed by atoms with van der Waals surface area (Å²) in [5.41, 5.74) is 0.454. The fourth-order valence-electron chi connectivity index (χ4n) is 2.18. The van der Waals surface area contributed by atoms with Gasteiger partial charge in [0.2, 0.25) is 0 Å². The monoisotopic (exact) mass is 387 g/mol. The number of aromatic nitrogens is 1. The number of nitrogens with one attached hydrogen (secondary N) is 2. The molecule has 6 nitrogen and oxygen atoms in total. The summed E-state index contributed by atoms with van der Waals surface area (Å²) in [5, 5.41) is 2.89. The number of benzene rings is 2. The number of hydrogen-bond acceptors (Lipinski definition) is 4. The predicted molar refractivity (Wildman–Crippen MR) is 101 cm³/mol. The number of rotatable bonds is 5. The maximum atomic E-state index is 12.6. The molecule has 132 valence electrons. The second-order valence-electron chi connectivity index (χ2n) is 5.28. The van der Waals surface area contributed by atoms with E-state index in [0.717, 1.165) is 0 Å². The molecule has 1 aromatic heterocycles. The number of anilines is 2. The Morgan fingerprint density at radius 1 is 0.962 bits per heavy atom. The number of halogens is 1. The van der Waals surface area contributed by atoms with Gasteiger partial charge >= 0.3 is 0 Å². The molecule has 0 spiro atoms. The van der Waals surface area contributed by atoms with Crippen molar-refractivity contribution >= 4 is 39.0 Å². The molecule has 0 aliphatic rings. The molecular weight excluding hydrogens is 374 g/mol. The second kappa shape index (κ2) is 7.55. The van der Waals surface area contributed by atoms with Crippen LogP contribution in [0.25, 0.3) is 0 Å². The van der Waals surface area contributed by atoms with Crippen LogP contribution in [0.15, 0.2) is 77.8 Å². The number of amides is 1. The van der Waals surface area contributed by atoms with Crippen molar-refractivity contribution in [1.82, 2.24) is 4.98 Å². The molecule has 26 heavy (non-hydrogen) atoms. The van der Waals surface area contributed by atoms with E-state index in [1.165, 1.54) is 24.3 Å².